The van der Waals surface area contributed by atoms with E-state index in [1.807, 2.05) is 22.6 Å². The Balaban J connectivity index is 2.86. The maximum Gasteiger partial charge on any atom is 0.326 e. The summed E-state index contributed by atoms with van der Waals surface area (Å²) in [5, 5.41) is 20.0. The lowest BCUT2D eigenvalue weighted by Crippen LogP contribution is -2.41. The second-order valence-corrected chi connectivity index (χ2v) is 5.58. The first-order valence-corrected chi connectivity index (χ1v) is 6.92. The van der Waals surface area contributed by atoms with E-state index in [0.29, 0.717) is 5.56 Å². The van der Waals surface area contributed by atoms with Gasteiger partial charge in [0, 0.05) is 21.1 Å². The number of benzene rings is 1. The number of aliphatic hydroxyl groups excluding tert-OH is 1. The number of carboxylic acid groups (broad SMARTS) is 1. The van der Waals surface area contributed by atoms with Crippen LogP contribution >= 0.6 is 38.5 Å². The number of aliphatic hydroxyl groups is 1. The predicted molar refractivity (Wildman–Crippen MR) is 77.5 cm³/mol. The molecule has 98 valence electrons. The minimum atomic E-state index is -1.16. The second-order valence-electron chi connectivity index (χ2n) is 3.50. The third-order valence-electron chi connectivity index (χ3n) is 2.19. The average molecular weight is 428 g/mol. The van der Waals surface area contributed by atoms with Crippen LogP contribution in [0.1, 0.15) is 16.8 Å². The SMILES string of the molecule is O=C(NC(CCO)C(=O)O)c1cc(Br)ccc1I. The van der Waals surface area contributed by atoms with E-state index in [9.17, 15) is 9.59 Å². The first-order valence-electron chi connectivity index (χ1n) is 5.05. The molecule has 1 amide bonds. The lowest BCUT2D eigenvalue weighted by molar-refractivity contribution is -0.139. The van der Waals surface area contributed by atoms with Crippen LogP contribution in [0.4, 0.5) is 0 Å². The highest BCUT2D eigenvalue weighted by molar-refractivity contribution is 14.1. The molecule has 5 nitrogen and oxygen atoms in total. The smallest absolute Gasteiger partial charge is 0.326 e. The first-order chi connectivity index (χ1) is 8.45. The van der Waals surface area contributed by atoms with Crippen LogP contribution in [-0.4, -0.2) is 34.7 Å². The Hall–Kier alpha value is -0.670. The molecule has 18 heavy (non-hydrogen) atoms. The molecule has 1 rings (SSSR count). The van der Waals surface area contributed by atoms with Crippen LogP contribution < -0.4 is 5.32 Å². The van der Waals surface area contributed by atoms with Gasteiger partial charge in [-0.05, 0) is 40.8 Å². The zero-order valence-electron chi connectivity index (χ0n) is 9.19. The van der Waals surface area contributed by atoms with E-state index in [-0.39, 0.29) is 13.0 Å². The molecule has 1 unspecified atom stereocenters. The maximum absolute atomic E-state index is 11.9. The van der Waals surface area contributed by atoms with Crippen molar-refractivity contribution >= 4 is 50.4 Å². The Morgan fingerprint density at radius 2 is 2.11 bits per heavy atom. The van der Waals surface area contributed by atoms with Gasteiger partial charge in [-0.3, -0.25) is 4.79 Å². The van der Waals surface area contributed by atoms with Crippen LogP contribution in [0.3, 0.4) is 0 Å². The molecule has 3 N–H and O–H groups in total. The summed E-state index contributed by atoms with van der Waals surface area (Å²) < 4.78 is 1.46. The number of amides is 1. The molecule has 1 atom stereocenters. The zero-order chi connectivity index (χ0) is 13.7. The molecule has 0 radical (unpaired) electrons. The van der Waals surface area contributed by atoms with Crippen molar-refractivity contribution in [3.05, 3.63) is 31.8 Å². The number of hydrogen-bond donors (Lipinski definition) is 3. The standard InChI is InChI=1S/C11H11BrINO4/c12-6-1-2-8(13)7(5-6)10(16)14-9(3-4-15)11(17)18/h1-2,5,9,15H,3-4H2,(H,14,16)(H,17,18). The van der Waals surface area contributed by atoms with E-state index < -0.39 is 17.9 Å². The molecule has 0 saturated heterocycles. The van der Waals surface area contributed by atoms with Gasteiger partial charge in [-0.2, -0.15) is 0 Å². The van der Waals surface area contributed by atoms with E-state index in [2.05, 4.69) is 21.2 Å². The number of nitrogens with one attached hydrogen (secondary N) is 1. The Bertz CT molecular complexity index is 466. The third kappa shape index (κ3) is 4.21. The summed E-state index contributed by atoms with van der Waals surface area (Å²) in [6, 6.07) is 4.08. The normalized spacial score (nSPS) is 11.9. The minimum absolute atomic E-state index is 0.0222. The number of rotatable bonds is 5. The summed E-state index contributed by atoms with van der Waals surface area (Å²) in [5.41, 5.74) is 0.397. The summed E-state index contributed by atoms with van der Waals surface area (Å²) in [7, 11) is 0. The van der Waals surface area contributed by atoms with E-state index in [0.717, 1.165) is 8.04 Å². The van der Waals surface area contributed by atoms with Gasteiger partial charge in [-0.25, -0.2) is 4.79 Å². The molecule has 0 aromatic heterocycles. The summed E-state index contributed by atoms with van der Waals surface area (Å²) in [4.78, 5) is 22.8. The van der Waals surface area contributed by atoms with Gasteiger partial charge < -0.3 is 15.5 Å². The van der Waals surface area contributed by atoms with Gasteiger partial charge in [0.25, 0.3) is 5.91 Å². The Morgan fingerprint density at radius 3 is 2.67 bits per heavy atom. The van der Waals surface area contributed by atoms with Gasteiger partial charge in [-0.15, -0.1) is 0 Å². The number of carboxylic acids is 1. The molecular weight excluding hydrogens is 417 g/mol. The van der Waals surface area contributed by atoms with Gasteiger partial charge in [0.15, 0.2) is 0 Å². The summed E-state index contributed by atoms with van der Waals surface area (Å²) >= 11 is 5.25. The van der Waals surface area contributed by atoms with Gasteiger partial charge in [-0.1, -0.05) is 15.9 Å². The molecule has 0 aliphatic heterocycles. The molecule has 0 heterocycles. The van der Waals surface area contributed by atoms with Gasteiger partial charge in [0.1, 0.15) is 6.04 Å². The van der Waals surface area contributed by atoms with E-state index in [1.165, 1.54) is 0 Å². The van der Waals surface area contributed by atoms with Gasteiger partial charge >= 0.3 is 5.97 Å². The van der Waals surface area contributed by atoms with Gasteiger partial charge in [0.2, 0.25) is 0 Å². The molecule has 0 aliphatic rings. The Morgan fingerprint density at radius 1 is 1.44 bits per heavy atom. The van der Waals surface area contributed by atoms with Crippen LogP contribution in [0.15, 0.2) is 22.7 Å². The fourth-order valence-corrected chi connectivity index (χ4v) is 2.24. The fourth-order valence-electron chi connectivity index (χ4n) is 1.29. The molecule has 0 saturated carbocycles. The van der Waals surface area contributed by atoms with Crippen molar-refractivity contribution in [2.75, 3.05) is 6.61 Å². The first kappa shape index (κ1) is 15.4. The topological polar surface area (TPSA) is 86.6 Å². The van der Waals surface area contributed by atoms with Gasteiger partial charge in [0.05, 0.1) is 5.56 Å². The number of halogens is 2. The van der Waals surface area contributed by atoms with Crippen LogP contribution in [0, 0.1) is 3.57 Å². The molecule has 7 heteroatoms. The largest absolute Gasteiger partial charge is 0.480 e. The zero-order valence-corrected chi connectivity index (χ0v) is 12.9. The second kappa shape index (κ2) is 7.05. The van der Waals surface area contributed by atoms with E-state index in [1.54, 1.807) is 18.2 Å². The van der Waals surface area contributed by atoms with Crippen molar-refractivity contribution in [3.8, 4) is 0 Å². The lowest BCUT2D eigenvalue weighted by Gasteiger charge is -2.14. The molecular formula is C11H11BrINO4. The third-order valence-corrected chi connectivity index (χ3v) is 3.63. The van der Waals surface area contributed by atoms with Crippen molar-refractivity contribution in [1.29, 1.82) is 0 Å². The quantitative estimate of drug-likeness (QED) is 0.623. The lowest BCUT2D eigenvalue weighted by atomic mass is 10.1. The molecule has 0 fully saturated rings. The number of aliphatic carboxylic acids is 1. The number of carbonyl (C=O) groups excluding carboxylic acids is 1. The van der Waals surface area contributed by atoms with Crippen molar-refractivity contribution in [3.63, 3.8) is 0 Å². The highest BCUT2D eigenvalue weighted by Crippen LogP contribution is 2.18. The van der Waals surface area contributed by atoms with E-state index >= 15 is 0 Å². The fraction of sp³-hybridized carbons (Fsp3) is 0.273. The van der Waals surface area contributed by atoms with Crippen LogP contribution in [0.5, 0.6) is 0 Å². The molecule has 0 spiro atoms. The van der Waals surface area contributed by atoms with Crippen LogP contribution in [0.25, 0.3) is 0 Å². The molecule has 1 aromatic carbocycles. The van der Waals surface area contributed by atoms with Crippen molar-refractivity contribution in [2.45, 2.75) is 12.5 Å². The van der Waals surface area contributed by atoms with Crippen molar-refractivity contribution < 1.29 is 19.8 Å². The number of carbonyl (C=O) groups is 2. The Kier molecular flexibility index (Phi) is 6.03. The minimum Gasteiger partial charge on any atom is -0.480 e. The van der Waals surface area contributed by atoms with Crippen molar-refractivity contribution in [2.24, 2.45) is 0 Å². The average Bonchev–Trinajstić information content (AvgIpc) is 2.31. The molecule has 1 aromatic rings. The predicted octanol–water partition coefficient (Wildman–Crippen LogP) is 1.62. The number of hydrogen-bond acceptors (Lipinski definition) is 3. The van der Waals surface area contributed by atoms with Crippen molar-refractivity contribution in [1.82, 2.24) is 5.32 Å². The molecule has 0 aliphatic carbocycles. The Labute approximate surface area is 126 Å². The summed E-state index contributed by atoms with van der Waals surface area (Å²) in [6.07, 6.45) is -0.0222. The van der Waals surface area contributed by atoms with Crippen LogP contribution in [0.2, 0.25) is 0 Å². The highest BCUT2D eigenvalue weighted by Gasteiger charge is 2.21. The maximum atomic E-state index is 11.9. The molecule has 0 bridgehead atoms. The van der Waals surface area contributed by atoms with E-state index in [4.69, 9.17) is 10.2 Å². The summed E-state index contributed by atoms with van der Waals surface area (Å²) in [5.74, 6) is -1.64. The summed E-state index contributed by atoms with van der Waals surface area (Å²) in [6.45, 7) is -0.299. The highest BCUT2D eigenvalue weighted by atomic mass is 127. The van der Waals surface area contributed by atoms with Crippen LogP contribution in [-0.2, 0) is 4.79 Å². The monoisotopic (exact) mass is 427 g/mol.